The minimum Gasteiger partial charge on any atom is -0.465 e. The number of amides is 1. The Morgan fingerprint density at radius 1 is 1.71 bits per heavy atom. The summed E-state index contributed by atoms with van der Waals surface area (Å²) in [6.07, 6.45) is -0.298. The molecule has 1 aliphatic rings. The minimum atomic E-state index is -0.946. The van der Waals surface area contributed by atoms with E-state index in [2.05, 4.69) is 21.0 Å². The zero-order valence-electron chi connectivity index (χ0n) is 8.80. The van der Waals surface area contributed by atoms with Crippen LogP contribution in [0.4, 0.5) is 10.6 Å². The Bertz CT molecular complexity index is 506. The van der Waals surface area contributed by atoms with E-state index in [0.717, 1.165) is 0 Å². The first-order valence-electron chi connectivity index (χ1n) is 4.96. The molecule has 8 heteroatoms. The number of nitriles is 1. The minimum absolute atomic E-state index is 0.107. The van der Waals surface area contributed by atoms with E-state index in [9.17, 15) is 4.79 Å². The molecular weight excluding hydrogens is 290 g/mol. The van der Waals surface area contributed by atoms with Crippen molar-refractivity contribution in [3.8, 4) is 6.07 Å². The van der Waals surface area contributed by atoms with Crippen LogP contribution in [0.3, 0.4) is 0 Å². The lowest BCUT2D eigenvalue weighted by Gasteiger charge is -2.13. The molecule has 1 saturated heterocycles. The molecule has 1 aromatic heterocycles. The van der Waals surface area contributed by atoms with Gasteiger partial charge in [-0.1, -0.05) is 0 Å². The first-order chi connectivity index (χ1) is 8.04. The molecule has 1 fully saturated rings. The maximum atomic E-state index is 10.8. The van der Waals surface area contributed by atoms with Gasteiger partial charge in [0.15, 0.2) is 0 Å². The Balaban J connectivity index is 2.26. The Morgan fingerprint density at radius 2 is 2.41 bits per heavy atom. The van der Waals surface area contributed by atoms with E-state index < -0.39 is 6.09 Å². The Labute approximate surface area is 106 Å². The van der Waals surface area contributed by atoms with E-state index in [1.807, 2.05) is 6.07 Å². The van der Waals surface area contributed by atoms with Gasteiger partial charge in [0.2, 0.25) is 0 Å². The Kier molecular flexibility index (Phi) is 2.93. The monoisotopic (exact) mass is 299 g/mol. The summed E-state index contributed by atoms with van der Waals surface area (Å²) in [6, 6.07) is 1.85. The van der Waals surface area contributed by atoms with Gasteiger partial charge in [0, 0.05) is 13.1 Å². The number of aromatic nitrogens is 2. The van der Waals surface area contributed by atoms with Crippen LogP contribution < -0.4 is 5.73 Å². The van der Waals surface area contributed by atoms with Gasteiger partial charge < -0.3 is 15.7 Å². The van der Waals surface area contributed by atoms with E-state index in [0.29, 0.717) is 29.7 Å². The third-order valence-electron chi connectivity index (χ3n) is 2.80. The second-order valence-corrected chi connectivity index (χ2v) is 4.53. The second-order valence-electron chi connectivity index (χ2n) is 3.78. The fraction of sp³-hybridized carbons (Fsp3) is 0.444. The van der Waals surface area contributed by atoms with Crippen LogP contribution in [0.1, 0.15) is 18.0 Å². The first-order valence-corrected chi connectivity index (χ1v) is 5.75. The van der Waals surface area contributed by atoms with E-state index in [-0.39, 0.29) is 11.9 Å². The summed E-state index contributed by atoms with van der Waals surface area (Å²) in [5.74, 6) is 0.275. The predicted molar refractivity (Wildman–Crippen MR) is 62.3 cm³/mol. The van der Waals surface area contributed by atoms with Crippen molar-refractivity contribution in [3.05, 3.63) is 10.2 Å². The molecule has 0 aliphatic carbocycles. The van der Waals surface area contributed by atoms with Crippen molar-refractivity contribution in [2.24, 2.45) is 0 Å². The molecule has 2 rings (SSSR count). The summed E-state index contributed by atoms with van der Waals surface area (Å²) >= 11 is 3.15. The van der Waals surface area contributed by atoms with Crippen molar-refractivity contribution in [1.82, 2.24) is 14.7 Å². The molecule has 0 radical (unpaired) electrons. The molecule has 90 valence electrons. The number of carbonyl (C=O) groups is 1. The van der Waals surface area contributed by atoms with Crippen LogP contribution in [0.5, 0.6) is 0 Å². The highest BCUT2D eigenvalue weighted by Crippen LogP contribution is 2.28. The fourth-order valence-electron chi connectivity index (χ4n) is 1.92. The van der Waals surface area contributed by atoms with E-state index >= 15 is 0 Å². The lowest BCUT2D eigenvalue weighted by atomic mass is 10.2. The van der Waals surface area contributed by atoms with Gasteiger partial charge in [-0.3, -0.25) is 0 Å². The summed E-state index contributed by atoms with van der Waals surface area (Å²) in [4.78, 5) is 12.1. The van der Waals surface area contributed by atoms with Crippen LogP contribution in [-0.2, 0) is 0 Å². The smallest absolute Gasteiger partial charge is 0.407 e. The lowest BCUT2D eigenvalue weighted by Crippen LogP contribution is -2.27. The third-order valence-corrected chi connectivity index (χ3v) is 3.35. The molecule has 2 heterocycles. The van der Waals surface area contributed by atoms with Gasteiger partial charge in [0.1, 0.15) is 22.1 Å². The van der Waals surface area contributed by atoms with Crippen molar-refractivity contribution < 1.29 is 9.90 Å². The molecule has 1 aromatic rings. The number of likely N-dealkylation sites (tertiary alicyclic amines) is 1. The maximum Gasteiger partial charge on any atom is 0.407 e. The molecule has 0 spiro atoms. The number of hydrogen-bond acceptors (Lipinski definition) is 4. The second kappa shape index (κ2) is 4.25. The van der Waals surface area contributed by atoms with Gasteiger partial charge in [-0.15, -0.1) is 0 Å². The Morgan fingerprint density at radius 3 is 2.88 bits per heavy atom. The maximum absolute atomic E-state index is 10.8. The SMILES string of the molecule is N#Cc1c(Br)nn(C2CCN(C(=O)O)C2)c1N. The molecular formula is C9H10BrN5O2. The van der Waals surface area contributed by atoms with Crippen LogP contribution in [0.15, 0.2) is 4.60 Å². The van der Waals surface area contributed by atoms with Crippen molar-refractivity contribution in [3.63, 3.8) is 0 Å². The van der Waals surface area contributed by atoms with Gasteiger partial charge >= 0.3 is 6.09 Å². The molecule has 1 atom stereocenters. The van der Waals surface area contributed by atoms with Gasteiger partial charge in [-0.05, 0) is 22.4 Å². The average Bonchev–Trinajstić information content (AvgIpc) is 2.84. The molecule has 0 saturated carbocycles. The van der Waals surface area contributed by atoms with Gasteiger partial charge in [0.25, 0.3) is 0 Å². The fourth-order valence-corrected chi connectivity index (χ4v) is 2.38. The zero-order valence-corrected chi connectivity index (χ0v) is 10.4. The topological polar surface area (TPSA) is 108 Å². The summed E-state index contributed by atoms with van der Waals surface area (Å²) in [5, 5.41) is 21.9. The molecule has 3 N–H and O–H groups in total. The van der Waals surface area contributed by atoms with Gasteiger partial charge in [0.05, 0.1) is 6.04 Å². The number of nitrogens with zero attached hydrogens (tertiary/aromatic N) is 4. The summed E-state index contributed by atoms with van der Waals surface area (Å²) in [5.41, 5.74) is 6.09. The summed E-state index contributed by atoms with van der Waals surface area (Å²) in [6.45, 7) is 0.803. The van der Waals surface area contributed by atoms with Crippen molar-refractivity contribution >= 4 is 27.8 Å². The van der Waals surface area contributed by atoms with E-state index in [1.165, 1.54) is 9.58 Å². The largest absolute Gasteiger partial charge is 0.465 e. The van der Waals surface area contributed by atoms with Crippen LogP contribution in [-0.4, -0.2) is 39.0 Å². The molecule has 7 nitrogen and oxygen atoms in total. The van der Waals surface area contributed by atoms with E-state index in [1.54, 1.807) is 0 Å². The highest BCUT2D eigenvalue weighted by Gasteiger charge is 2.30. The number of rotatable bonds is 1. The van der Waals surface area contributed by atoms with Gasteiger partial charge in [-0.25, -0.2) is 9.48 Å². The highest BCUT2D eigenvalue weighted by molar-refractivity contribution is 9.10. The van der Waals surface area contributed by atoms with Crippen LogP contribution in [0.25, 0.3) is 0 Å². The number of carboxylic acid groups (broad SMARTS) is 1. The summed E-state index contributed by atoms with van der Waals surface area (Å²) in [7, 11) is 0. The summed E-state index contributed by atoms with van der Waals surface area (Å²) < 4.78 is 1.91. The van der Waals surface area contributed by atoms with Crippen LogP contribution in [0, 0.1) is 11.3 Å². The van der Waals surface area contributed by atoms with Crippen molar-refractivity contribution in [1.29, 1.82) is 5.26 Å². The number of hydrogen-bond donors (Lipinski definition) is 2. The van der Waals surface area contributed by atoms with Crippen LogP contribution in [0.2, 0.25) is 0 Å². The molecule has 0 aromatic carbocycles. The quantitative estimate of drug-likeness (QED) is 0.805. The molecule has 1 amide bonds. The van der Waals surface area contributed by atoms with E-state index in [4.69, 9.17) is 16.1 Å². The molecule has 1 aliphatic heterocycles. The average molecular weight is 300 g/mol. The third kappa shape index (κ3) is 1.93. The van der Waals surface area contributed by atoms with Crippen molar-refractivity contribution in [2.45, 2.75) is 12.5 Å². The highest BCUT2D eigenvalue weighted by atomic mass is 79.9. The lowest BCUT2D eigenvalue weighted by molar-refractivity contribution is 0.154. The molecule has 0 bridgehead atoms. The Hall–Kier alpha value is -1.75. The van der Waals surface area contributed by atoms with Crippen molar-refractivity contribution in [2.75, 3.05) is 18.8 Å². The van der Waals surface area contributed by atoms with Crippen LogP contribution >= 0.6 is 15.9 Å². The normalized spacial score (nSPS) is 19.3. The number of anilines is 1. The number of halogens is 1. The molecule has 17 heavy (non-hydrogen) atoms. The number of nitrogens with two attached hydrogens (primary N) is 1. The number of nitrogen functional groups attached to an aromatic ring is 1. The molecule has 1 unspecified atom stereocenters. The van der Waals surface area contributed by atoms with Gasteiger partial charge in [-0.2, -0.15) is 10.4 Å². The standard InChI is InChI=1S/C9H10BrN5O2/c10-7-6(3-11)8(12)15(13-7)5-1-2-14(4-5)9(16)17/h5H,1-2,4,12H2,(H,16,17). The first kappa shape index (κ1) is 11.7. The predicted octanol–water partition coefficient (Wildman–Crippen LogP) is 1.02. The zero-order chi connectivity index (χ0) is 12.6.